The molecule has 0 saturated carbocycles. The molecule has 1 rings (SSSR count). The van der Waals surface area contributed by atoms with E-state index in [4.69, 9.17) is 4.74 Å². The third-order valence-corrected chi connectivity index (χ3v) is 4.07. The van der Waals surface area contributed by atoms with E-state index in [2.05, 4.69) is 35.1 Å². The number of nitrogens with one attached hydrogen (secondary N) is 1. The molecule has 112 valence electrons. The van der Waals surface area contributed by atoms with Crippen LogP contribution in [0.25, 0.3) is 0 Å². The Hall–Kier alpha value is -1.03. The van der Waals surface area contributed by atoms with Crippen LogP contribution in [0.15, 0.2) is 22.7 Å². The van der Waals surface area contributed by atoms with Gasteiger partial charge in [-0.15, -0.1) is 0 Å². The van der Waals surface area contributed by atoms with E-state index in [0.29, 0.717) is 6.54 Å². The monoisotopic (exact) mass is 341 g/mol. The Balaban J connectivity index is 2.53. The first kappa shape index (κ1) is 17.0. The fourth-order valence-corrected chi connectivity index (χ4v) is 2.71. The van der Waals surface area contributed by atoms with Gasteiger partial charge in [0.15, 0.2) is 0 Å². The van der Waals surface area contributed by atoms with Gasteiger partial charge in [-0.1, -0.05) is 32.8 Å². The summed E-state index contributed by atoms with van der Waals surface area (Å²) in [5.74, 6) is 1.10. The van der Waals surface area contributed by atoms with Crippen molar-refractivity contribution in [3.8, 4) is 5.75 Å². The van der Waals surface area contributed by atoms with Crippen LogP contribution < -0.4 is 10.1 Å². The molecule has 0 saturated heterocycles. The molecule has 1 aromatic rings. The van der Waals surface area contributed by atoms with Crippen molar-refractivity contribution in [2.75, 3.05) is 7.11 Å². The van der Waals surface area contributed by atoms with Gasteiger partial charge in [0.2, 0.25) is 5.91 Å². The minimum absolute atomic E-state index is 0.136. The van der Waals surface area contributed by atoms with E-state index in [-0.39, 0.29) is 11.8 Å². The van der Waals surface area contributed by atoms with Crippen LogP contribution >= 0.6 is 15.9 Å². The van der Waals surface area contributed by atoms with Crippen molar-refractivity contribution in [2.24, 2.45) is 5.92 Å². The molecular weight excluding hydrogens is 318 g/mol. The molecule has 0 aliphatic carbocycles. The third kappa shape index (κ3) is 5.16. The lowest BCUT2D eigenvalue weighted by atomic mass is 9.98. The Morgan fingerprint density at radius 2 is 2.15 bits per heavy atom. The summed E-state index contributed by atoms with van der Waals surface area (Å²) in [6, 6.07) is 5.85. The number of carbonyl (C=O) groups is 1. The molecule has 1 unspecified atom stereocenters. The minimum Gasteiger partial charge on any atom is -0.496 e. The quantitative estimate of drug-likeness (QED) is 0.765. The molecule has 0 spiro atoms. The second-order valence-corrected chi connectivity index (χ2v) is 5.79. The largest absolute Gasteiger partial charge is 0.496 e. The Kier molecular flexibility index (Phi) is 7.67. The van der Waals surface area contributed by atoms with E-state index < -0.39 is 0 Å². The molecule has 20 heavy (non-hydrogen) atoms. The fourth-order valence-electron chi connectivity index (χ4n) is 2.12. The summed E-state index contributed by atoms with van der Waals surface area (Å²) < 4.78 is 6.10. The predicted octanol–water partition coefficient (Wildman–Crippen LogP) is 4.29. The van der Waals surface area contributed by atoms with Crippen LogP contribution in [0.4, 0.5) is 0 Å². The van der Waals surface area contributed by atoms with Gasteiger partial charge < -0.3 is 10.1 Å². The number of hydrogen-bond donors (Lipinski definition) is 1. The van der Waals surface area contributed by atoms with E-state index in [1.54, 1.807) is 7.11 Å². The first-order valence-corrected chi connectivity index (χ1v) is 8.01. The van der Waals surface area contributed by atoms with Crippen molar-refractivity contribution < 1.29 is 9.53 Å². The zero-order chi connectivity index (χ0) is 15.0. The van der Waals surface area contributed by atoms with Crippen LogP contribution in [0, 0.1) is 5.92 Å². The van der Waals surface area contributed by atoms with Crippen molar-refractivity contribution in [1.82, 2.24) is 5.32 Å². The molecule has 3 nitrogen and oxygen atoms in total. The smallest absolute Gasteiger partial charge is 0.223 e. The van der Waals surface area contributed by atoms with Gasteiger partial charge in [-0.25, -0.2) is 0 Å². The van der Waals surface area contributed by atoms with Crippen molar-refractivity contribution in [3.05, 3.63) is 28.2 Å². The van der Waals surface area contributed by atoms with Crippen LogP contribution in [0.2, 0.25) is 0 Å². The molecule has 0 radical (unpaired) electrons. The molecule has 0 heterocycles. The Bertz CT molecular complexity index is 434. The lowest BCUT2D eigenvalue weighted by Crippen LogP contribution is -2.30. The van der Waals surface area contributed by atoms with Gasteiger partial charge >= 0.3 is 0 Å². The standard InChI is InChI=1S/C16H24BrNO2/c1-4-6-7-13(5-2)16(19)18-11-12-8-9-15(20-3)14(17)10-12/h8-10,13H,4-7,11H2,1-3H3,(H,18,19). The van der Waals surface area contributed by atoms with Crippen LogP contribution in [0.5, 0.6) is 5.75 Å². The van der Waals surface area contributed by atoms with E-state index >= 15 is 0 Å². The topological polar surface area (TPSA) is 38.3 Å². The summed E-state index contributed by atoms with van der Waals surface area (Å²) in [5.41, 5.74) is 1.07. The number of methoxy groups -OCH3 is 1. The van der Waals surface area contributed by atoms with Gasteiger partial charge in [-0.05, 0) is 46.5 Å². The van der Waals surface area contributed by atoms with Crippen molar-refractivity contribution >= 4 is 21.8 Å². The molecule has 0 aliphatic rings. The molecule has 0 bridgehead atoms. The Morgan fingerprint density at radius 1 is 1.40 bits per heavy atom. The highest BCUT2D eigenvalue weighted by Crippen LogP contribution is 2.25. The highest BCUT2D eigenvalue weighted by Gasteiger charge is 2.15. The van der Waals surface area contributed by atoms with E-state index in [1.165, 1.54) is 0 Å². The molecule has 4 heteroatoms. The summed E-state index contributed by atoms with van der Waals surface area (Å²) >= 11 is 3.45. The number of hydrogen-bond acceptors (Lipinski definition) is 2. The van der Waals surface area contributed by atoms with Gasteiger partial charge in [-0.3, -0.25) is 4.79 Å². The summed E-state index contributed by atoms with van der Waals surface area (Å²) in [7, 11) is 1.64. The van der Waals surface area contributed by atoms with Crippen LogP contribution in [0.3, 0.4) is 0 Å². The number of halogens is 1. The highest BCUT2D eigenvalue weighted by molar-refractivity contribution is 9.10. The summed E-state index contributed by atoms with van der Waals surface area (Å²) in [6.07, 6.45) is 4.12. The first-order chi connectivity index (χ1) is 9.62. The number of unbranched alkanes of at least 4 members (excludes halogenated alkanes) is 1. The van der Waals surface area contributed by atoms with E-state index in [9.17, 15) is 4.79 Å². The van der Waals surface area contributed by atoms with Crippen molar-refractivity contribution in [2.45, 2.75) is 46.1 Å². The zero-order valence-corrected chi connectivity index (χ0v) is 14.1. The lowest BCUT2D eigenvalue weighted by molar-refractivity contribution is -0.125. The molecular formula is C16H24BrNO2. The molecule has 1 amide bonds. The van der Waals surface area contributed by atoms with Gasteiger partial charge in [0.25, 0.3) is 0 Å². The number of amides is 1. The SMILES string of the molecule is CCCCC(CC)C(=O)NCc1ccc(OC)c(Br)c1. The number of ether oxygens (including phenoxy) is 1. The summed E-state index contributed by atoms with van der Waals surface area (Å²) in [4.78, 5) is 12.1. The van der Waals surface area contributed by atoms with Crippen LogP contribution in [0.1, 0.15) is 45.1 Å². The van der Waals surface area contributed by atoms with Gasteiger partial charge in [-0.2, -0.15) is 0 Å². The third-order valence-electron chi connectivity index (χ3n) is 3.45. The lowest BCUT2D eigenvalue weighted by Gasteiger charge is -2.15. The van der Waals surface area contributed by atoms with Crippen LogP contribution in [-0.4, -0.2) is 13.0 Å². The fraction of sp³-hybridized carbons (Fsp3) is 0.562. The maximum Gasteiger partial charge on any atom is 0.223 e. The maximum atomic E-state index is 12.1. The molecule has 0 aromatic heterocycles. The minimum atomic E-state index is 0.136. The maximum absolute atomic E-state index is 12.1. The predicted molar refractivity (Wildman–Crippen MR) is 85.8 cm³/mol. The molecule has 0 aliphatic heterocycles. The Morgan fingerprint density at radius 3 is 2.70 bits per heavy atom. The van der Waals surface area contributed by atoms with Gasteiger partial charge in [0.05, 0.1) is 11.6 Å². The van der Waals surface area contributed by atoms with Crippen LogP contribution in [-0.2, 0) is 11.3 Å². The van der Waals surface area contributed by atoms with E-state index in [0.717, 1.165) is 41.5 Å². The average molecular weight is 342 g/mol. The Labute approximate surface area is 130 Å². The first-order valence-electron chi connectivity index (χ1n) is 7.22. The summed E-state index contributed by atoms with van der Waals surface area (Å²) in [6.45, 7) is 4.79. The van der Waals surface area contributed by atoms with Gasteiger partial charge in [0, 0.05) is 12.5 Å². The van der Waals surface area contributed by atoms with Crippen molar-refractivity contribution in [3.63, 3.8) is 0 Å². The molecule has 1 N–H and O–H groups in total. The second-order valence-electron chi connectivity index (χ2n) is 4.93. The average Bonchev–Trinajstić information content (AvgIpc) is 2.46. The second kappa shape index (κ2) is 9.01. The normalized spacial score (nSPS) is 12.0. The summed E-state index contributed by atoms with van der Waals surface area (Å²) in [5, 5.41) is 3.02. The van der Waals surface area contributed by atoms with E-state index in [1.807, 2.05) is 18.2 Å². The number of carbonyl (C=O) groups excluding carboxylic acids is 1. The zero-order valence-electron chi connectivity index (χ0n) is 12.5. The number of rotatable bonds is 8. The molecule has 0 fully saturated rings. The molecule has 1 aromatic carbocycles. The van der Waals surface area contributed by atoms with Gasteiger partial charge in [0.1, 0.15) is 5.75 Å². The molecule has 1 atom stereocenters. The number of benzene rings is 1. The van der Waals surface area contributed by atoms with Crippen molar-refractivity contribution in [1.29, 1.82) is 0 Å². The highest BCUT2D eigenvalue weighted by atomic mass is 79.9.